The molecule has 0 unspecified atom stereocenters. The van der Waals surface area contributed by atoms with Crippen molar-refractivity contribution in [2.45, 2.75) is 19.8 Å². The summed E-state index contributed by atoms with van der Waals surface area (Å²) in [4.78, 5) is 22.7. The van der Waals surface area contributed by atoms with Crippen molar-refractivity contribution in [1.82, 2.24) is 0 Å². The zero-order valence-corrected chi connectivity index (χ0v) is 13.3. The molecule has 1 aliphatic rings. The molecule has 5 heteroatoms. The molecule has 0 aliphatic carbocycles. The summed E-state index contributed by atoms with van der Waals surface area (Å²) in [7, 11) is 0. The van der Waals surface area contributed by atoms with E-state index in [0.717, 1.165) is 28.1 Å². The number of amides is 1. The van der Waals surface area contributed by atoms with E-state index in [1.54, 1.807) is 6.20 Å². The normalized spacial score (nSPS) is 14.4. The highest BCUT2D eigenvalue weighted by molar-refractivity contribution is 6.32. The Hall–Kier alpha value is -3.08. The van der Waals surface area contributed by atoms with Crippen LogP contribution in [0.5, 0.6) is 0 Å². The summed E-state index contributed by atoms with van der Waals surface area (Å²) in [5.74, 6) is -0.923. The van der Waals surface area contributed by atoms with Crippen LogP contribution in [0, 0.1) is 6.92 Å². The van der Waals surface area contributed by atoms with E-state index >= 15 is 0 Å². The molecule has 0 spiro atoms. The second-order valence-electron chi connectivity index (χ2n) is 5.74. The van der Waals surface area contributed by atoms with Crippen molar-refractivity contribution in [2.24, 2.45) is 0 Å². The molecule has 24 heavy (non-hydrogen) atoms. The summed E-state index contributed by atoms with van der Waals surface area (Å²) < 4.78 is 0. The van der Waals surface area contributed by atoms with E-state index in [9.17, 15) is 9.59 Å². The lowest BCUT2D eigenvalue weighted by molar-refractivity contribution is -0.137. The Morgan fingerprint density at radius 2 is 1.96 bits per heavy atom. The molecule has 0 atom stereocenters. The molecule has 0 saturated heterocycles. The minimum Gasteiger partial charge on any atom is -0.481 e. The van der Waals surface area contributed by atoms with Gasteiger partial charge in [0.05, 0.1) is 5.57 Å². The van der Waals surface area contributed by atoms with Gasteiger partial charge in [-0.2, -0.15) is 0 Å². The highest BCUT2D eigenvalue weighted by atomic mass is 16.4. The van der Waals surface area contributed by atoms with E-state index in [1.165, 1.54) is 0 Å². The van der Waals surface area contributed by atoms with Gasteiger partial charge < -0.3 is 15.7 Å². The Labute approximate surface area is 140 Å². The predicted molar refractivity (Wildman–Crippen MR) is 93.8 cm³/mol. The van der Waals surface area contributed by atoms with Crippen LogP contribution in [0.2, 0.25) is 0 Å². The Bertz CT molecular complexity index is 823. The third-order valence-corrected chi connectivity index (χ3v) is 4.00. The smallest absolute Gasteiger partial charge is 0.303 e. The first-order valence-corrected chi connectivity index (χ1v) is 7.73. The van der Waals surface area contributed by atoms with Crippen LogP contribution in [-0.2, 0) is 16.0 Å². The topological polar surface area (TPSA) is 78.4 Å². The molecule has 0 saturated carbocycles. The molecular formula is C19H18N2O3. The lowest BCUT2D eigenvalue weighted by atomic mass is 10.0. The van der Waals surface area contributed by atoms with Gasteiger partial charge in [0.2, 0.25) is 0 Å². The Morgan fingerprint density at radius 3 is 2.67 bits per heavy atom. The van der Waals surface area contributed by atoms with Crippen molar-refractivity contribution in [3.8, 4) is 0 Å². The molecule has 3 N–H and O–H groups in total. The van der Waals surface area contributed by atoms with Crippen molar-refractivity contribution in [3.05, 3.63) is 65.4 Å². The van der Waals surface area contributed by atoms with E-state index in [-0.39, 0.29) is 12.3 Å². The Morgan fingerprint density at radius 1 is 1.21 bits per heavy atom. The van der Waals surface area contributed by atoms with Gasteiger partial charge in [0, 0.05) is 29.6 Å². The molecule has 2 aromatic carbocycles. The second kappa shape index (κ2) is 6.58. The number of carbonyl (C=O) groups is 2. The molecule has 0 fully saturated rings. The van der Waals surface area contributed by atoms with Crippen LogP contribution >= 0.6 is 0 Å². The molecule has 2 aromatic rings. The molecule has 122 valence electrons. The summed E-state index contributed by atoms with van der Waals surface area (Å²) in [5, 5.41) is 14.7. The van der Waals surface area contributed by atoms with Gasteiger partial charge >= 0.3 is 5.97 Å². The number of anilines is 2. The number of carboxylic acids is 1. The number of carboxylic acid groups (broad SMARTS) is 1. The molecule has 1 heterocycles. The van der Waals surface area contributed by atoms with Gasteiger partial charge in [0.15, 0.2) is 0 Å². The summed E-state index contributed by atoms with van der Waals surface area (Å²) in [6.07, 6.45) is 2.33. The standard InChI is InChI=1S/C19H18N2O3/c1-12-3-2-4-16-18(12)15(19(24)21-16)11-20-14-8-5-13(6-9-14)7-10-17(22)23/h2-6,8-9,11,20H,7,10H2,1H3,(H,21,24)(H,22,23)/b15-11-. The third-order valence-electron chi connectivity index (χ3n) is 4.00. The Kier molecular flexibility index (Phi) is 4.33. The Balaban J connectivity index is 1.75. The average Bonchev–Trinajstić information content (AvgIpc) is 2.88. The summed E-state index contributed by atoms with van der Waals surface area (Å²) in [6.45, 7) is 1.98. The van der Waals surface area contributed by atoms with Gasteiger partial charge in [0.25, 0.3) is 5.91 Å². The van der Waals surface area contributed by atoms with Crippen LogP contribution in [0.3, 0.4) is 0 Å². The first-order chi connectivity index (χ1) is 11.5. The molecule has 0 aromatic heterocycles. The van der Waals surface area contributed by atoms with Crippen molar-refractivity contribution >= 4 is 28.8 Å². The van der Waals surface area contributed by atoms with Gasteiger partial charge in [-0.3, -0.25) is 9.59 Å². The number of carbonyl (C=O) groups excluding carboxylic acids is 1. The lowest BCUT2D eigenvalue weighted by Gasteiger charge is -2.06. The van der Waals surface area contributed by atoms with Crippen LogP contribution in [0.4, 0.5) is 11.4 Å². The second-order valence-corrected chi connectivity index (χ2v) is 5.74. The van der Waals surface area contributed by atoms with Gasteiger partial charge in [-0.15, -0.1) is 0 Å². The number of hydrogen-bond acceptors (Lipinski definition) is 3. The monoisotopic (exact) mass is 322 g/mol. The largest absolute Gasteiger partial charge is 0.481 e. The van der Waals surface area contributed by atoms with Gasteiger partial charge in [-0.05, 0) is 42.7 Å². The molecule has 5 nitrogen and oxygen atoms in total. The van der Waals surface area contributed by atoms with Crippen molar-refractivity contribution < 1.29 is 14.7 Å². The number of nitrogens with one attached hydrogen (secondary N) is 2. The van der Waals surface area contributed by atoms with Crippen LogP contribution in [0.25, 0.3) is 5.57 Å². The lowest BCUT2D eigenvalue weighted by Crippen LogP contribution is -2.05. The zero-order chi connectivity index (χ0) is 17.1. The quantitative estimate of drug-likeness (QED) is 0.737. The molecule has 3 rings (SSSR count). The maximum Gasteiger partial charge on any atom is 0.303 e. The minimum atomic E-state index is -0.803. The molecule has 0 bridgehead atoms. The highest BCUT2D eigenvalue weighted by Crippen LogP contribution is 2.34. The van der Waals surface area contributed by atoms with E-state index in [0.29, 0.717) is 12.0 Å². The average molecular weight is 322 g/mol. The molecular weight excluding hydrogens is 304 g/mol. The van der Waals surface area contributed by atoms with Crippen molar-refractivity contribution in [1.29, 1.82) is 0 Å². The molecule has 0 radical (unpaired) electrons. The number of hydrogen-bond donors (Lipinski definition) is 3. The first kappa shape index (κ1) is 15.8. The number of fused-ring (bicyclic) bond motifs is 1. The fourth-order valence-electron chi connectivity index (χ4n) is 2.74. The third kappa shape index (κ3) is 3.30. The molecule has 1 amide bonds. The first-order valence-electron chi connectivity index (χ1n) is 7.73. The van der Waals surface area contributed by atoms with Gasteiger partial charge in [-0.1, -0.05) is 24.3 Å². The summed E-state index contributed by atoms with van der Waals surface area (Å²) in [6, 6.07) is 13.3. The highest BCUT2D eigenvalue weighted by Gasteiger charge is 2.25. The van der Waals surface area contributed by atoms with Crippen LogP contribution in [-0.4, -0.2) is 17.0 Å². The van der Waals surface area contributed by atoms with E-state index in [1.807, 2.05) is 49.4 Å². The fraction of sp³-hybridized carbons (Fsp3) is 0.158. The fourth-order valence-corrected chi connectivity index (χ4v) is 2.74. The van der Waals surface area contributed by atoms with E-state index < -0.39 is 5.97 Å². The summed E-state index contributed by atoms with van der Waals surface area (Å²) in [5.41, 5.74) is 5.22. The maximum absolute atomic E-state index is 12.1. The zero-order valence-electron chi connectivity index (χ0n) is 13.3. The van der Waals surface area contributed by atoms with Gasteiger partial charge in [0.1, 0.15) is 0 Å². The molecule has 1 aliphatic heterocycles. The van der Waals surface area contributed by atoms with Crippen LogP contribution in [0.1, 0.15) is 23.1 Å². The number of rotatable bonds is 5. The minimum absolute atomic E-state index is 0.118. The van der Waals surface area contributed by atoms with Crippen molar-refractivity contribution in [2.75, 3.05) is 10.6 Å². The predicted octanol–water partition coefficient (Wildman–Crippen LogP) is 3.42. The van der Waals surface area contributed by atoms with Crippen LogP contribution in [0.15, 0.2) is 48.7 Å². The number of aryl methyl sites for hydroxylation is 2. The summed E-state index contributed by atoms with van der Waals surface area (Å²) >= 11 is 0. The maximum atomic E-state index is 12.1. The number of benzene rings is 2. The van der Waals surface area contributed by atoms with Crippen molar-refractivity contribution in [3.63, 3.8) is 0 Å². The SMILES string of the molecule is Cc1cccc2c1/C(=C/Nc1ccc(CCC(=O)O)cc1)C(=O)N2. The number of aliphatic carboxylic acids is 1. The van der Waals surface area contributed by atoms with Gasteiger partial charge in [-0.25, -0.2) is 0 Å². The van der Waals surface area contributed by atoms with Crippen LogP contribution < -0.4 is 10.6 Å². The van der Waals surface area contributed by atoms with E-state index in [2.05, 4.69) is 10.6 Å². The van der Waals surface area contributed by atoms with E-state index in [4.69, 9.17) is 5.11 Å².